The standard InChI is InChI=1S/C16H17N3O2/c1-3-12(15-17-7-8-18-15)19-16(20)14-9-11-10(2)5-4-6-13(11)21-14/h4-9,12H,3H2,1-2H3,(H,17,18)(H,19,20). The van der Waals surface area contributed by atoms with Gasteiger partial charge >= 0.3 is 0 Å². The number of aromatic nitrogens is 2. The number of benzene rings is 1. The van der Waals surface area contributed by atoms with E-state index in [0.29, 0.717) is 5.76 Å². The number of nitrogens with one attached hydrogen (secondary N) is 2. The maximum atomic E-state index is 12.3. The molecule has 0 saturated carbocycles. The topological polar surface area (TPSA) is 70.9 Å². The van der Waals surface area contributed by atoms with Crippen LogP contribution in [0.15, 0.2) is 41.1 Å². The third-order valence-corrected chi connectivity index (χ3v) is 3.57. The molecule has 3 aromatic rings. The molecule has 0 radical (unpaired) electrons. The van der Waals surface area contributed by atoms with Crippen molar-refractivity contribution in [1.82, 2.24) is 15.3 Å². The molecule has 0 aliphatic rings. The number of imidazole rings is 1. The van der Waals surface area contributed by atoms with Crippen molar-refractivity contribution in [2.45, 2.75) is 26.3 Å². The maximum absolute atomic E-state index is 12.3. The summed E-state index contributed by atoms with van der Waals surface area (Å²) in [5, 5.41) is 3.91. The molecular weight excluding hydrogens is 266 g/mol. The smallest absolute Gasteiger partial charge is 0.287 e. The fourth-order valence-electron chi connectivity index (χ4n) is 2.38. The molecule has 0 aliphatic carbocycles. The number of fused-ring (bicyclic) bond motifs is 1. The lowest BCUT2D eigenvalue weighted by molar-refractivity contribution is 0.0908. The Bertz CT molecular complexity index is 759. The molecule has 2 N–H and O–H groups in total. The van der Waals surface area contributed by atoms with Crippen LogP contribution >= 0.6 is 0 Å². The first-order valence-electron chi connectivity index (χ1n) is 6.98. The van der Waals surface area contributed by atoms with Gasteiger partial charge in [-0.2, -0.15) is 0 Å². The molecule has 5 heteroatoms. The first-order valence-corrected chi connectivity index (χ1v) is 6.98. The van der Waals surface area contributed by atoms with Crippen molar-refractivity contribution >= 4 is 16.9 Å². The number of aromatic amines is 1. The zero-order chi connectivity index (χ0) is 14.8. The molecule has 0 bridgehead atoms. The van der Waals surface area contributed by atoms with Gasteiger partial charge in [-0.25, -0.2) is 4.98 Å². The Labute approximate surface area is 122 Å². The van der Waals surface area contributed by atoms with Crippen LogP contribution in [0.4, 0.5) is 0 Å². The Balaban J connectivity index is 1.85. The summed E-state index contributed by atoms with van der Waals surface area (Å²) in [6, 6.07) is 7.41. The van der Waals surface area contributed by atoms with Gasteiger partial charge in [0, 0.05) is 17.8 Å². The van der Waals surface area contributed by atoms with Crippen molar-refractivity contribution in [3.63, 3.8) is 0 Å². The predicted molar refractivity (Wildman–Crippen MR) is 80.0 cm³/mol. The highest BCUT2D eigenvalue weighted by molar-refractivity contribution is 5.97. The van der Waals surface area contributed by atoms with Crippen LogP contribution in [0.1, 0.15) is 41.3 Å². The highest BCUT2D eigenvalue weighted by atomic mass is 16.3. The van der Waals surface area contributed by atoms with Crippen LogP contribution in [-0.2, 0) is 0 Å². The van der Waals surface area contributed by atoms with Crippen molar-refractivity contribution in [1.29, 1.82) is 0 Å². The molecule has 5 nitrogen and oxygen atoms in total. The Morgan fingerprint density at radius 3 is 3.00 bits per heavy atom. The molecule has 0 spiro atoms. The van der Waals surface area contributed by atoms with Gasteiger partial charge in [-0.1, -0.05) is 19.1 Å². The minimum Gasteiger partial charge on any atom is -0.451 e. The van der Waals surface area contributed by atoms with E-state index in [-0.39, 0.29) is 11.9 Å². The van der Waals surface area contributed by atoms with E-state index in [9.17, 15) is 4.79 Å². The largest absolute Gasteiger partial charge is 0.451 e. The minimum atomic E-state index is -0.228. The molecule has 3 rings (SSSR count). The van der Waals surface area contributed by atoms with Gasteiger partial charge < -0.3 is 14.7 Å². The lowest BCUT2D eigenvalue weighted by Crippen LogP contribution is -2.28. The van der Waals surface area contributed by atoms with Gasteiger partial charge in [0.05, 0.1) is 6.04 Å². The summed E-state index contributed by atoms with van der Waals surface area (Å²) in [7, 11) is 0. The van der Waals surface area contributed by atoms with Crippen molar-refractivity contribution in [2.24, 2.45) is 0 Å². The quantitative estimate of drug-likeness (QED) is 0.771. The Morgan fingerprint density at radius 2 is 2.33 bits per heavy atom. The monoisotopic (exact) mass is 283 g/mol. The molecule has 1 atom stereocenters. The van der Waals surface area contributed by atoms with Gasteiger partial charge in [-0.05, 0) is 31.0 Å². The number of carbonyl (C=O) groups excluding carboxylic acids is 1. The number of hydrogen-bond donors (Lipinski definition) is 2. The summed E-state index contributed by atoms with van der Waals surface area (Å²) in [6.07, 6.45) is 4.17. The van der Waals surface area contributed by atoms with E-state index in [1.165, 1.54) is 0 Å². The second-order valence-electron chi connectivity index (χ2n) is 5.01. The van der Waals surface area contributed by atoms with Crippen LogP contribution in [0.25, 0.3) is 11.0 Å². The number of carbonyl (C=O) groups is 1. The van der Waals surface area contributed by atoms with Crippen LogP contribution in [-0.4, -0.2) is 15.9 Å². The fraction of sp³-hybridized carbons (Fsp3) is 0.250. The first kappa shape index (κ1) is 13.4. The minimum absolute atomic E-state index is 0.151. The molecule has 2 heterocycles. The maximum Gasteiger partial charge on any atom is 0.287 e. The summed E-state index contributed by atoms with van der Waals surface area (Å²) in [4.78, 5) is 19.6. The summed E-state index contributed by atoms with van der Waals surface area (Å²) in [5.74, 6) is 0.844. The Hall–Kier alpha value is -2.56. The molecule has 0 aliphatic heterocycles. The highest BCUT2D eigenvalue weighted by Crippen LogP contribution is 2.23. The summed E-state index contributed by atoms with van der Waals surface area (Å²) >= 11 is 0. The van der Waals surface area contributed by atoms with E-state index < -0.39 is 0 Å². The van der Waals surface area contributed by atoms with E-state index >= 15 is 0 Å². The van der Waals surface area contributed by atoms with Gasteiger partial charge in [0.1, 0.15) is 11.4 Å². The average Bonchev–Trinajstić information content (AvgIpc) is 3.14. The van der Waals surface area contributed by atoms with Crippen LogP contribution < -0.4 is 5.32 Å². The normalized spacial score (nSPS) is 12.5. The van der Waals surface area contributed by atoms with Gasteiger partial charge in [0.15, 0.2) is 5.76 Å². The highest BCUT2D eigenvalue weighted by Gasteiger charge is 2.19. The molecule has 21 heavy (non-hydrogen) atoms. The van der Waals surface area contributed by atoms with Gasteiger partial charge in [-0.3, -0.25) is 4.79 Å². The second kappa shape index (κ2) is 5.44. The van der Waals surface area contributed by atoms with Gasteiger partial charge in [0.25, 0.3) is 5.91 Å². The zero-order valence-electron chi connectivity index (χ0n) is 12.0. The van der Waals surface area contributed by atoms with Crippen LogP contribution in [0.3, 0.4) is 0 Å². The van der Waals surface area contributed by atoms with Crippen molar-refractivity contribution in [2.75, 3.05) is 0 Å². The number of amides is 1. The van der Waals surface area contributed by atoms with E-state index in [1.807, 2.05) is 32.0 Å². The number of nitrogens with zero attached hydrogens (tertiary/aromatic N) is 1. The second-order valence-corrected chi connectivity index (χ2v) is 5.01. The first-order chi connectivity index (χ1) is 10.2. The van der Waals surface area contributed by atoms with E-state index in [1.54, 1.807) is 18.5 Å². The molecule has 0 fully saturated rings. The molecular formula is C16H17N3O2. The van der Waals surface area contributed by atoms with E-state index in [0.717, 1.165) is 28.8 Å². The van der Waals surface area contributed by atoms with Crippen LogP contribution in [0.2, 0.25) is 0 Å². The molecule has 1 amide bonds. The summed E-state index contributed by atoms with van der Waals surface area (Å²) in [6.45, 7) is 3.99. The number of hydrogen-bond acceptors (Lipinski definition) is 3. The molecule has 108 valence electrons. The average molecular weight is 283 g/mol. The molecule has 2 aromatic heterocycles. The van der Waals surface area contributed by atoms with Crippen molar-refractivity contribution in [3.05, 3.63) is 53.8 Å². The Morgan fingerprint density at radius 1 is 1.48 bits per heavy atom. The van der Waals surface area contributed by atoms with Crippen molar-refractivity contribution in [3.8, 4) is 0 Å². The SMILES string of the molecule is CCC(NC(=O)c1cc2c(C)cccc2o1)c1ncc[nH]1. The Kier molecular flexibility index (Phi) is 3.48. The predicted octanol–water partition coefficient (Wildman–Crippen LogP) is 3.35. The lowest BCUT2D eigenvalue weighted by Gasteiger charge is -2.13. The summed E-state index contributed by atoms with van der Waals surface area (Å²) < 4.78 is 5.63. The number of H-pyrrole nitrogens is 1. The zero-order valence-corrected chi connectivity index (χ0v) is 12.0. The number of furan rings is 1. The molecule has 1 aromatic carbocycles. The fourth-order valence-corrected chi connectivity index (χ4v) is 2.38. The van der Waals surface area contributed by atoms with E-state index in [4.69, 9.17) is 4.42 Å². The molecule has 0 saturated heterocycles. The summed E-state index contributed by atoms with van der Waals surface area (Å²) in [5.41, 5.74) is 1.82. The van der Waals surface area contributed by atoms with Gasteiger partial charge in [-0.15, -0.1) is 0 Å². The van der Waals surface area contributed by atoms with Crippen molar-refractivity contribution < 1.29 is 9.21 Å². The number of rotatable bonds is 4. The van der Waals surface area contributed by atoms with Crippen LogP contribution in [0.5, 0.6) is 0 Å². The van der Waals surface area contributed by atoms with E-state index in [2.05, 4.69) is 15.3 Å². The lowest BCUT2D eigenvalue weighted by atomic mass is 10.1. The van der Waals surface area contributed by atoms with Gasteiger partial charge in [0.2, 0.25) is 0 Å². The number of aryl methyl sites for hydroxylation is 1. The third kappa shape index (κ3) is 2.54. The third-order valence-electron chi connectivity index (χ3n) is 3.57. The van der Waals surface area contributed by atoms with Crippen LogP contribution in [0, 0.1) is 6.92 Å². The molecule has 1 unspecified atom stereocenters.